The molecular weight excluding hydrogens is 204 g/mol. The van der Waals surface area contributed by atoms with Crippen LogP contribution in [-0.4, -0.2) is 17.5 Å². The Morgan fingerprint density at radius 3 is 2.69 bits per heavy atom. The highest BCUT2D eigenvalue weighted by molar-refractivity contribution is 6.14. The first-order chi connectivity index (χ1) is 7.54. The minimum Gasteiger partial charge on any atom is -0.296 e. The van der Waals surface area contributed by atoms with Crippen LogP contribution in [0.5, 0.6) is 0 Å². The van der Waals surface area contributed by atoms with Crippen LogP contribution in [0.25, 0.3) is 0 Å². The molecule has 0 radical (unpaired) electrons. The number of hydrogen-bond acceptors (Lipinski definition) is 3. The summed E-state index contributed by atoms with van der Waals surface area (Å²) in [5, 5.41) is 2.30. The molecule has 4 heteroatoms. The summed E-state index contributed by atoms with van der Waals surface area (Å²) in [5.74, 6) is -0.852. The molecule has 1 saturated heterocycles. The fraction of sp³-hybridized carbons (Fsp3) is 0.417. The van der Waals surface area contributed by atoms with E-state index in [4.69, 9.17) is 0 Å². The zero-order chi connectivity index (χ0) is 12.1. The molecule has 1 aliphatic rings. The molecular formula is C12H16N2O2. The number of allylic oxidation sites excluding steroid dienone is 2. The van der Waals surface area contributed by atoms with Gasteiger partial charge in [0.15, 0.2) is 0 Å². The van der Waals surface area contributed by atoms with Crippen molar-refractivity contribution in [2.45, 2.75) is 26.7 Å². The lowest BCUT2D eigenvalue weighted by atomic mass is 9.93. The number of hydrogen-bond donors (Lipinski definition) is 1. The van der Waals surface area contributed by atoms with E-state index < -0.39 is 0 Å². The van der Waals surface area contributed by atoms with E-state index in [2.05, 4.69) is 16.9 Å². The standard InChI is InChI=1S/C12H16N2O2/c1-4-10(13-7-8(2)3)9-5-6-11(15)14-12(9)16/h4,7,9H,1,5-6H2,2-3H3,(H,14,15,16). The van der Waals surface area contributed by atoms with Crippen LogP contribution >= 0.6 is 0 Å². The molecule has 0 aromatic rings. The van der Waals surface area contributed by atoms with Crippen LogP contribution < -0.4 is 5.32 Å². The smallest absolute Gasteiger partial charge is 0.235 e. The molecule has 1 rings (SSSR count). The van der Waals surface area contributed by atoms with Crippen LogP contribution in [0.2, 0.25) is 0 Å². The minimum absolute atomic E-state index is 0.216. The van der Waals surface area contributed by atoms with Crippen molar-refractivity contribution in [3.8, 4) is 0 Å². The molecule has 1 atom stereocenters. The topological polar surface area (TPSA) is 58.5 Å². The van der Waals surface area contributed by atoms with Crippen LogP contribution in [0.1, 0.15) is 26.7 Å². The van der Waals surface area contributed by atoms with Crippen molar-refractivity contribution >= 4 is 17.5 Å². The SMILES string of the molecule is C=CC(=NC=C(C)C)C1CCC(=O)NC1=O. The maximum Gasteiger partial charge on any atom is 0.235 e. The first-order valence-electron chi connectivity index (χ1n) is 5.21. The molecule has 2 amide bonds. The lowest BCUT2D eigenvalue weighted by molar-refractivity contribution is -0.134. The van der Waals surface area contributed by atoms with Crippen molar-refractivity contribution in [3.63, 3.8) is 0 Å². The number of rotatable bonds is 3. The van der Waals surface area contributed by atoms with Crippen molar-refractivity contribution < 1.29 is 9.59 Å². The van der Waals surface area contributed by atoms with E-state index in [9.17, 15) is 9.59 Å². The van der Waals surface area contributed by atoms with E-state index in [1.54, 1.807) is 12.3 Å². The van der Waals surface area contributed by atoms with Gasteiger partial charge < -0.3 is 0 Å². The number of piperidine rings is 1. The summed E-state index contributed by atoms with van der Waals surface area (Å²) in [4.78, 5) is 26.8. The molecule has 0 aromatic heterocycles. The van der Waals surface area contributed by atoms with Gasteiger partial charge in [0.05, 0.1) is 11.6 Å². The maximum absolute atomic E-state index is 11.6. The van der Waals surface area contributed by atoms with Gasteiger partial charge in [-0.15, -0.1) is 0 Å². The number of amides is 2. The molecule has 1 N–H and O–H groups in total. The fourth-order valence-corrected chi connectivity index (χ4v) is 1.46. The van der Waals surface area contributed by atoms with Gasteiger partial charge >= 0.3 is 0 Å². The normalized spacial score (nSPS) is 21.4. The Labute approximate surface area is 95.1 Å². The van der Waals surface area contributed by atoms with Crippen molar-refractivity contribution in [3.05, 3.63) is 24.4 Å². The van der Waals surface area contributed by atoms with Crippen LogP contribution in [0.4, 0.5) is 0 Å². The molecule has 4 nitrogen and oxygen atoms in total. The fourth-order valence-electron chi connectivity index (χ4n) is 1.46. The molecule has 1 unspecified atom stereocenters. The zero-order valence-corrected chi connectivity index (χ0v) is 9.62. The highest BCUT2D eigenvalue weighted by Crippen LogP contribution is 2.15. The summed E-state index contributed by atoms with van der Waals surface area (Å²) < 4.78 is 0. The van der Waals surface area contributed by atoms with Gasteiger partial charge in [-0.3, -0.25) is 19.9 Å². The Kier molecular flexibility index (Phi) is 4.17. The highest BCUT2D eigenvalue weighted by Gasteiger charge is 2.29. The van der Waals surface area contributed by atoms with E-state index >= 15 is 0 Å². The van der Waals surface area contributed by atoms with Gasteiger partial charge in [-0.05, 0) is 26.3 Å². The summed E-state index contributed by atoms with van der Waals surface area (Å²) in [5.41, 5.74) is 1.66. The molecule has 0 saturated carbocycles. The van der Waals surface area contributed by atoms with Crippen molar-refractivity contribution in [2.75, 3.05) is 0 Å². The third-order valence-electron chi connectivity index (χ3n) is 2.28. The number of imide groups is 1. The van der Waals surface area contributed by atoms with Gasteiger partial charge in [0.1, 0.15) is 0 Å². The molecule has 0 spiro atoms. The van der Waals surface area contributed by atoms with Crippen LogP contribution in [0, 0.1) is 5.92 Å². The molecule has 1 fully saturated rings. The van der Waals surface area contributed by atoms with Crippen LogP contribution in [0.3, 0.4) is 0 Å². The summed E-state index contributed by atoms with van der Waals surface area (Å²) in [6.07, 6.45) is 4.13. The quantitative estimate of drug-likeness (QED) is 0.580. The second-order valence-corrected chi connectivity index (χ2v) is 3.97. The van der Waals surface area contributed by atoms with Gasteiger partial charge in [0.2, 0.25) is 11.8 Å². The Morgan fingerprint density at radius 2 is 2.19 bits per heavy atom. The van der Waals surface area contributed by atoms with Crippen molar-refractivity contribution in [1.29, 1.82) is 0 Å². The zero-order valence-electron chi connectivity index (χ0n) is 9.62. The second-order valence-electron chi connectivity index (χ2n) is 3.97. The second kappa shape index (κ2) is 5.39. The number of aliphatic imine (C=N–C) groups is 1. The Balaban J connectivity index is 2.85. The number of nitrogens with zero attached hydrogens (tertiary/aromatic N) is 1. The highest BCUT2D eigenvalue weighted by atomic mass is 16.2. The van der Waals surface area contributed by atoms with E-state index in [1.165, 1.54) is 0 Å². The lowest BCUT2D eigenvalue weighted by Gasteiger charge is -2.20. The Morgan fingerprint density at radius 1 is 1.50 bits per heavy atom. The number of nitrogens with one attached hydrogen (secondary N) is 1. The summed E-state index contributed by atoms with van der Waals surface area (Å²) >= 11 is 0. The Hall–Kier alpha value is -1.71. The molecule has 16 heavy (non-hydrogen) atoms. The molecule has 0 bridgehead atoms. The monoisotopic (exact) mass is 220 g/mol. The summed E-state index contributed by atoms with van der Waals surface area (Å²) in [6, 6.07) is 0. The molecule has 86 valence electrons. The van der Waals surface area contributed by atoms with E-state index in [1.807, 2.05) is 13.8 Å². The number of carbonyl (C=O) groups is 2. The predicted octanol–water partition coefficient (Wildman–Crippen LogP) is 1.59. The third-order valence-corrected chi connectivity index (χ3v) is 2.28. The Bertz CT molecular complexity index is 376. The minimum atomic E-state index is -0.356. The van der Waals surface area contributed by atoms with Gasteiger partial charge in [-0.1, -0.05) is 12.2 Å². The predicted molar refractivity (Wildman–Crippen MR) is 62.9 cm³/mol. The maximum atomic E-state index is 11.6. The largest absolute Gasteiger partial charge is 0.296 e. The van der Waals surface area contributed by atoms with E-state index in [0.717, 1.165) is 5.57 Å². The van der Waals surface area contributed by atoms with Gasteiger partial charge in [0.25, 0.3) is 0 Å². The van der Waals surface area contributed by atoms with Gasteiger partial charge in [0, 0.05) is 12.6 Å². The van der Waals surface area contributed by atoms with Crippen molar-refractivity contribution in [1.82, 2.24) is 5.32 Å². The molecule has 0 aliphatic carbocycles. The van der Waals surface area contributed by atoms with Crippen LogP contribution in [-0.2, 0) is 9.59 Å². The number of carbonyl (C=O) groups excluding carboxylic acids is 2. The summed E-state index contributed by atoms with van der Waals surface area (Å²) in [7, 11) is 0. The molecule has 1 aliphatic heterocycles. The average molecular weight is 220 g/mol. The molecule has 1 heterocycles. The van der Waals surface area contributed by atoms with E-state index in [-0.39, 0.29) is 17.7 Å². The summed E-state index contributed by atoms with van der Waals surface area (Å²) in [6.45, 7) is 7.49. The van der Waals surface area contributed by atoms with E-state index in [0.29, 0.717) is 18.6 Å². The third kappa shape index (κ3) is 3.15. The molecule has 0 aromatic carbocycles. The van der Waals surface area contributed by atoms with Gasteiger partial charge in [-0.25, -0.2) is 0 Å². The van der Waals surface area contributed by atoms with Crippen molar-refractivity contribution in [2.24, 2.45) is 10.9 Å². The average Bonchev–Trinajstić information content (AvgIpc) is 2.21. The van der Waals surface area contributed by atoms with Crippen LogP contribution in [0.15, 0.2) is 29.4 Å². The van der Waals surface area contributed by atoms with Gasteiger partial charge in [-0.2, -0.15) is 0 Å². The lowest BCUT2D eigenvalue weighted by Crippen LogP contribution is -2.43. The first kappa shape index (κ1) is 12.4. The first-order valence-corrected chi connectivity index (χ1v) is 5.21.